The van der Waals surface area contributed by atoms with E-state index in [0.717, 1.165) is 93.6 Å². The zero-order valence-electron chi connectivity index (χ0n) is 28.0. The third kappa shape index (κ3) is 4.33. The SMILES string of the molecule is c1ccc(-c2nc(-n3c4ccccc4c4cc5cc6nc(-c7ccccc7)n(-c7ccccc7)c6cc5cc43)nc3c2ccc2ccccc23)cc1. The largest absolute Gasteiger partial charge is 0.292 e. The predicted octanol–water partition coefficient (Wildman–Crippen LogP) is 11.7. The summed E-state index contributed by atoms with van der Waals surface area (Å²) >= 11 is 0. The lowest BCUT2D eigenvalue weighted by Gasteiger charge is -2.13. The van der Waals surface area contributed by atoms with Crippen LogP contribution in [0.15, 0.2) is 176 Å². The van der Waals surface area contributed by atoms with Gasteiger partial charge in [-0.2, -0.15) is 0 Å². The van der Waals surface area contributed by atoms with Crippen molar-refractivity contribution in [1.82, 2.24) is 24.1 Å². The summed E-state index contributed by atoms with van der Waals surface area (Å²) in [6.07, 6.45) is 0. The van der Waals surface area contributed by atoms with Crippen LogP contribution in [-0.2, 0) is 0 Å². The Morgan fingerprint density at radius 3 is 1.83 bits per heavy atom. The molecule has 0 aliphatic carbocycles. The molecule has 0 saturated carbocycles. The first kappa shape index (κ1) is 28.7. The van der Waals surface area contributed by atoms with Crippen LogP contribution >= 0.6 is 0 Å². The Morgan fingerprint density at radius 1 is 0.365 bits per heavy atom. The molecular weight excluding hydrogens is 635 g/mol. The van der Waals surface area contributed by atoms with Crippen LogP contribution in [0.25, 0.3) is 99.6 Å². The summed E-state index contributed by atoms with van der Waals surface area (Å²) in [6.45, 7) is 0. The smallest absolute Gasteiger partial charge is 0.235 e. The van der Waals surface area contributed by atoms with Gasteiger partial charge in [0.25, 0.3) is 0 Å². The minimum atomic E-state index is 0.648. The summed E-state index contributed by atoms with van der Waals surface area (Å²) < 4.78 is 4.51. The average molecular weight is 664 g/mol. The number of nitrogens with zero attached hydrogens (tertiary/aromatic N) is 5. The lowest BCUT2D eigenvalue weighted by Crippen LogP contribution is -2.03. The maximum absolute atomic E-state index is 5.39. The monoisotopic (exact) mass is 663 g/mol. The number of para-hydroxylation sites is 2. The molecule has 3 heterocycles. The molecule has 0 fully saturated rings. The lowest BCUT2D eigenvalue weighted by molar-refractivity contribution is 1.02. The molecule has 0 aliphatic rings. The van der Waals surface area contributed by atoms with Gasteiger partial charge in [0.15, 0.2) is 0 Å². The molecule has 0 bridgehead atoms. The van der Waals surface area contributed by atoms with Crippen LogP contribution < -0.4 is 0 Å². The lowest BCUT2D eigenvalue weighted by atomic mass is 10.0. The molecule has 8 aromatic carbocycles. The van der Waals surface area contributed by atoms with Crippen LogP contribution in [0.3, 0.4) is 0 Å². The van der Waals surface area contributed by atoms with Crippen molar-refractivity contribution in [1.29, 1.82) is 0 Å². The van der Waals surface area contributed by atoms with Crippen LogP contribution in [-0.4, -0.2) is 24.1 Å². The number of hydrogen-bond donors (Lipinski definition) is 0. The second-order valence-corrected chi connectivity index (χ2v) is 13.3. The Balaban J connectivity index is 1.23. The summed E-state index contributed by atoms with van der Waals surface area (Å²) in [5.74, 6) is 1.57. The standard InChI is InChI=1S/C47H29N5/c1-4-15-31(16-5-1)44-38-25-24-30-14-10-11-21-36(30)45(38)50-47(49-44)52-41-23-13-12-22-37(41)39-26-33-27-40-43(29-34(33)28-42(39)52)51(35-19-8-3-9-20-35)46(48-40)32-17-6-2-7-18-32/h1-29H. The van der Waals surface area contributed by atoms with Crippen LogP contribution in [0.5, 0.6) is 0 Å². The fourth-order valence-electron chi connectivity index (χ4n) is 7.89. The van der Waals surface area contributed by atoms with E-state index in [0.29, 0.717) is 5.95 Å². The molecule has 0 atom stereocenters. The Kier molecular flexibility index (Phi) is 6.18. The van der Waals surface area contributed by atoms with Crippen molar-refractivity contribution in [2.45, 2.75) is 0 Å². The van der Waals surface area contributed by atoms with Gasteiger partial charge < -0.3 is 0 Å². The first-order chi connectivity index (χ1) is 25.8. The van der Waals surface area contributed by atoms with Gasteiger partial charge in [-0.15, -0.1) is 0 Å². The number of benzene rings is 8. The molecule has 52 heavy (non-hydrogen) atoms. The summed E-state index contributed by atoms with van der Waals surface area (Å²) in [6, 6.07) is 61.9. The van der Waals surface area contributed by atoms with E-state index >= 15 is 0 Å². The summed E-state index contributed by atoms with van der Waals surface area (Å²) in [4.78, 5) is 16.0. The van der Waals surface area contributed by atoms with E-state index in [4.69, 9.17) is 15.0 Å². The first-order valence-electron chi connectivity index (χ1n) is 17.5. The Bertz CT molecular complexity index is 3160. The van der Waals surface area contributed by atoms with E-state index in [-0.39, 0.29) is 0 Å². The molecule has 0 amide bonds. The first-order valence-corrected chi connectivity index (χ1v) is 17.5. The molecule has 0 spiro atoms. The molecule has 0 aliphatic heterocycles. The molecule has 0 unspecified atom stereocenters. The van der Waals surface area contributed by atoms with Crippen LogP contribution in [0.1, 0.15) is 0 Å². The van der Waals surface area contributed by atoms with Gasteiger partial charge in [0, 0.05) is 38.4 Å². The highest BCUT2D eigenvalue weighted by molar-refractivity contribution is 6.15. The molecule has 0 N–H and O–H groups in total. The maximum atomic E-state index is 5.39. The topological polar surface area (TPSA) is 48.5 Å². The number of fused-ring (bicyclic) bond motifs is 8. The summed E-state index contributed by atoms with van der Waals surface area (Å²) in [5, 5.41) is 7.86. The average Bonchev–Trinajstić information content (AvgIpc) is 3.74. The quantitative estimate of drug-likeness (QED) is 0.176. The van der Waals surface area contributed by atoms with Crippen LogP contribution in [0.2, 0.25) is 0 Å². The van der Waals surface area contributed by atoms with Crippen molar-refractivity contribution in [3.8, 4) is 34.3 Å². The number of aromatic nitrogens is 5. The van der Waals surface area contributed by atoms with Crippen molar-refractivity contribution in [3.63, 3.8) is 0 Å². The van der Waals surface area contributed by atoms with Gasteiger partial charge in [-0.1, -0.05) is 127 Å². The molecular formula is C47H29N5. The minimum Gasteiger partial charge on any atom is -0.292 e. The highest BCUT2D eigenvalue weighted by Crippen LogP contribution is 2.39. The molecule has 0 saturated heterocycles. The molecule has 11 aromatic rings. The molecule has 242 valence electrons. The fourth-order valence-corrected chi connectivity index (χ4v) is 7.89. The highest BCUT2D eigenvalue weighted by atomic mass is 15.2. The van der Waals surface area contributed by atoms with Crippen molar-refractivity contribution in [2.75, 3.05) is 0 Å². The van der Waals surface area contributed by atoms with Gasteiger partial charge in [0.1, 0.15) is 5.82 Å². The van der Waals surface area contributed by atoms with E-state index in [9.17, 15) is 0 Å². The highest BCUT2D eigenvalue weighted by Gasteiger charge is 2.20. The molecule has 3 aromatic heterocycles. The molecule has 11 rings (SSSR count). The van der Waals surface area contributed by atoms with Crippen molar-refractivity contribution in [2.24, 2.45) is 0 Å². The van der Waals surface area contributed by atoms with Crippen molar-refractivity contribution in [3.05, 3.63) is 176 Å². The third-order valence-electron chi connectivity index (χ3n) is 10.3. The molecule has 5 heteroatoms. The summed E-state index contributed by atoms with van der Waals surface area (Å²) in [7, 11) is 0. The van der Waals surface area contributed by atoms with Crippen molar-refractivity contribution < 1.29 is 0 Å². The zero-order chi connectivity index (χ0) is 34.2. The zero-order valence-corrected chi connectivity index (χ0v) is 28.0. The van der Waals surface area contributed by atoms with Gasteiger partial charge in [-0.25, -0.2) is 15.0 Å². The third-order valence-corrected chi connectivity index (χ3v) is 10.3. The van der Waals surface area contributed by atoms with Gasteiger partial charge in [0.2, 0.25) is 5.95 Å². The maximum Gasteiger partial charge on any atom is 0.235 e. The van der Waals surface area contributed by atoms with E-state index in [2.05, 4.69) is 173 Å². The Hall–Kier alpha value is -7.11. The summed E-state index contributed by atoms with van der Waals surface area (Å²) in [5.41, 5.74) is 9.19. The molecule has 5 nitrogen and oxygen atoms in total. The second-order valence-electron chi connectivity index (χ2n) is 13.3. The second kappa shape index (κ2) is 11.2. The van der Waals surface area contributed by atoms with Crippen LogP contribution in [0, 0.1) is 0 Å². The van der Waals surface area contributed by atoms with Crippen LogP contribution in [0.4, 0.5) is 0 Å². The molecule has 0 radical (unpaired) electrons. The van der Waals surface area contributed by atoms with Gasteiger partial charge in [-0.3, -0.25) is 9.13 Å². The number of rotatable bonds is 4. The van der Waals surface area contributed by atoms with Crippen molar-refractivity contribution >= 4 is 65.3 Å². The Labute approximate surface area is 298 Å². The Morgan fingerprint density at radius 2 is 1.02 bits per heavy atom. The fraction of sp³-hybridized carbons (Fsp3) is 0. The number of imidazole rings is 1. The number of hydrogen-bond acceptors (Lipinski definition) is 3. The predicted molar refractivity (Wildman–Crippen MR) is 214 cm³/mol. The van der Waals surface area contributed by atoms with E-state index in [1.54, 1.807) is 0 Å². The van der Waals surface area contributed by atoms with Gasteiger partial charge >= 0.3 is 0 Å². The van der Waals surface area contributed by atoms with Gasteiger partial charge in [0.05, 0.1) is 33.3 Å². The normalized spacial score (nSPS) is 11.8. The minimum absolute atomic E-state index is 0.648. The van der Waals surface area contributed by atoms with Gasteiger partial charge in [-0.05, 0) is 64.7 Å². The van der Waals surface area contributed by atoms with E-state index < -0.39 is 0 Å². The van der Waals surface area contributed by atoms with E-state index in [1.165, 1.54) is 0 Å². The van der Waals surface area contributed by atoms with E-state index in [1.807, 2.05) is 12.1 Å².